The Bertz CT molecular complexity index is 346. The second-order valence-electron chi connectivity index (χ2n) is 4.98. The van der Waals surface area contributed by atoms with E-state index in [1.165, 1.54) is 0 Å². The van der Waals surface area contributed by atoms with Crippen molar-refractivity contribution in [2.24, 2.45) is 11.1 Å². The predicted molar refractivity (Wildman–Crippen MR) is 62.1 cm³/mol. The van der Waals surface area contributed by atoms with Gasteiger partial charge >= 0.3 is 0 Å². The lowest BCUT2D eigenvalue weighted by atomic mass is 9.88. The van der Waals surface area contributed by atoms with Crippen LogP contribution in [-0.2, 0) is 4.74 Å². The van der Waals surface area contributed by atoms with E-state index in [0.717, 1.165) is 0 Å². The summed E-state index contributed by atoms with van der Waals surface area (Å²) in [6.07, 6.45) is -0.254. The quantitative estimate of drug-likeness (QED) is 0.806. The second kappa shape index (κ2) is 5.57. The van der Waals surface area contributed by atoms with E-state index in [4.69, 9.17) is 20.1 Å². The van der Waals surface area contributed by atoms with Crippen LogP contribution in [0.25, 0.3) is 0 Å². The smallest absolute Gasteiger partial charge is 0.246 e. The van der Waals surface area contributed by atoms with Gasteiger partial charge in [-0.15, -0.1) is 0 Å². The zero-order valence-corrected chi connectivity index (χ0v) is 10.8. The maximum absolute atomic E-state index is 8.92. The molecule has 0 radical (unpaired) electrons. The van der Waals surface area contributed by atoms with Crippen molar-refractivity contribution in [3.05, 3.63) is 11.7 Å². The van der Waals surface area contributed by atoms with Crippen molar-refractivity contribution in [1.82, 2.24) is 10.1 Å². The molecule has 1 heterocycles. The molecule has 0 fully saturated rings. The summed E-state index contributed by atoms with van der Waals surface area (Å²) in [4.78, 5) is 4.18. The van der Waals surface area contributed by atoms with Crippen molar-refractivity contribution in [1.29, 1.82) is 0 Å². The first-order valence-electron chi connectivity index (χ1n) is 5.71. The van der Waals surface area contributed by atoms with Gasteiger partial charge in [-0.3, -0.25) is 0 Å². The molecule has 0 aliphatic heterocycles. The molecule has 3 N–H and O–H groups in total. The fraction of sp³-hybridized carbons (Fsp3) is 0.818. The third-order valence-electron chi connectivity index (χ3n) is 2.33. The molecular formula is C11H21N3O3. The van der Waals surface area contributed by atoms with Crippen LogP contribution in [-0.4, -0.2) is 28.5 Å². The molecule has 1 aromatic rings. The predicted octanol–water partition coefficient (Wildman–Crippen LogP) is 1.19. The Kier molecular flexibility index (Phi) is 4.62. The molecule has 0 saturated carbocycles. The minimum Gasteiger partial charge on any atom is -0.394 e. The third kappa shape index (κ3) is 3.49. The van der Waals surface area contributed by atoms with Crippen LogP contribution in [0.5, 0.6) is 0 Å². The first-order chi connectivity index (χ1) is 7.90. The van der Waals surface area contributed by atoms with E-state index in [2.05, 4.69) is 10.1 Å². The molecule has 0 aromatic carbocycles. The molecule has 2 atom stereocenters. The van der Waals surface area contributed by atoms with Gasteiger partial charge in [0.25, 0.3) is 0 Å². The highest BCUT2D eigenvalue weighted by atomic mass is 16.5. The van der Waals surface area contributed by atoms with E-state index in [0.29, 0.717) is 12.4 Å². The van der Waals surface area contributed by atoms with Gasteiger partial charge in [0, 0.05) is 6.61 Å². The molecule has 1 aromatic heterocycles. The molecule has 17 heavy (non-hydrogen) atoms. The van der Waals surface area contributed by atoms with Crippen LogP contribution in [0.2, 0.25) is 0 Å². The minimum atomic E-state index is -0.640. The number of aliphatic hydroxyl groups excluding tert-OH is 1. The number of hydrogen-bond donors (Lipinski definition) is 2. The van der Waals surface area contributed by atoms with E-state index in [1.54, 1.807) is 0 Å². The fourth-order valence-electron chi connectivity index (χ4n) is 1.46. The van der Waals surface area contributed by atoms with Crippen molar-refractivity contribution in [2.75, 3.05) is 13.2 Å². The van der Waals surface area contributed by atoms with Gasteiger partial charge in [-0.2, -0.15) is 4.98 Å². The van der Waals surface area contributed by atoms with Crippen LogP contribution in [0.3, 0.4) is 0 Å². The average molecular weight is 243 g/mol. The highest BCUT2D eigenvalue weighted by molar-refractivity contribution is 4.98. The summed E-state index contributed by atoms with van der Waals surface area (Å²) in [6.45, 7) is 8.37. The number of ether oxygens (including phenoxy) is 1. The average Bonchev–Trinajstić information content (AvgIpc) is 2.72. The first-order valence-corrected chi connectivity index (χ1v) is 5.71. The summed E-state index contributed by atoms with van der Waals surface area (Å²) in [5.41, 5.74) is 5.47. The SMILES string of the molecule is CCOC(c1noc([C@@H](N)CO)n1)C(C)(C)C. The normalized spacial score (nSPS) is 15.9. The zero-order valence-electron chi connectivity index (χ0n) is 10.8. The Morgan fingerprint density at radius 3 is 2.59 bits per heavy atom. The standard InChI is InChI=1S/C11H21N3O3/c1-5-16-8(11(2,3)4)9-13-10(17-14-9)7(12)6-15/h7-8,15H,5-6,12H2,1-4H3/t7-,8?/m0/s1. The van der Waals surface area contributed by atoms with Crippen LogP contribution >= 0.6 is 0 Å². The van der Waals surface area contributed by atoms with Gasteiger partial charge in [0.15, 0.2) is 0 Å². The topological polar surface area (TPSA) is 94.4 Å². The van der Waals surface area contributed by atoms with Crippen LogP contribution in [0.1, 0.15) is 51.6 Å². The minimum absolute atomic E-state index is 0.138. The van der Waals surface area contributed by atoms with Gasteiger partial charge in [0.1, 0.15) is 12.1 Å². The molecule has 98 valence electrons. The molecule has 6 nitrogen and oxygen atoms in total. The molecular weight excluding hydrogens is 222 g/mol. The van der Waals surface area contributed by atoms with Crippen molar-refractivity contribution < 1.29 is 14.4 Å². The Morgan fingerprint density at radius 1 is 1.47 bits per heavy atom. The Morgan fingerprint density at radius 2 is 2.12 bits per heavy atom. The number of aromatic nitrogens is 2. The number of nitrogens with two attached hydrogens (primary N) is 1. The van der Waals surface area contributed by atoms with Crippen molar-refractivity contribution in [2.45, 2.75) is 39.8 Å². The molecule has 0 saturated heterocycles. The van der Waals surface area contributed by atoms with Crippen molar-refractivity contribution >= 4 is 0 Å². The van der Waals surface area contributed by atoms with E-state index < -0.39 is 6.04 Å². The molecule has 6 heteroatoms. The zero-order chi connectivity index (χ0) is 13.1. The molecule has 1 unspecified atom stereocenters. The Balaban J connectivity index is 2.92. The largest absolute Gasteiger partial charge is 0.394 e. The summed E-state index contributed by atoms with van der Waals surface area (Å²) in [6, 6.07) is -0.640. The summed E-state index contributed by atoms with van der Waals surface area (Å²) in [5, 5.41) is 12.8. The number of nitrogens with zero attached hydrogens (tertiary/aromatic N) is 2. The second-order valence-corrected chi connectivity index (χ2v) is 4.98. The van der Waals surface area contributed by atoms with Gasteiger partial charge in [0.2, 0.25) is 11.7 Å². The van der Waals surface area contributed by atoms with Gasteiger partial charge in [-0.25, -0.2) is 0 Å². The maximum atomic E-state index is 8.92. The highest BCUT2D eigenvalue weighted by Gasteiger charge is 2.31. The van der Waals surface area contributed by atoms with Crippen LogP contribution < -0.4 is 5.73 Å². The Labute approximate surface area is 101 Å². The number of aliphatic hydroxyl groups is 1. The molecule has 1 rings (SSSR count). The van der Waals surface area contributed by atoms with E-state index >= 15 is 0 Å². The van der Waals surface area contributed by atoms with Gasteiger partial charge in [0.05, 0.1) is 6.61 Å². The molecule has 0 spiro atoms. The van der Waals surface area contributed by atoms with E-state index in [1.807, 2.05) is 27.7 Å². The van der Waals surface area contributed by atoms with Crippen molar-refractivity contribution in [3.8, 4) is 0 Å². The van der Waals surface area contributed by atoms with Crippen molar-refractivity contribution in [3.63, 3.8) is 0 Å². The molecule has 0 bridgehead atoms. The maximum Gasteiger partial charge on any atom is 0.246 e. The summed E-state index contributed by atoms with van der Waals surface area (Å²) in [7, 11) is 0. The monoisotopic (exact) mass is 243 g/mol. The first kappa shape index (κ1) is 14.1. The van der Waals surface area contributed by atoms with Gasteiger partial charge < -0.3 is 20.1 Å². The van der Waals surface area contributed by atoms with E-state index in [9.17, 15) is 0 Å². The molecule has 0 amide bonds. The lowest BCUT2D eigenvalue weighted by Gasteiger charge is -2.27. The summed E-state index contributed by atoms with van der Waals surface area (Å²) < 4.78 is 10.6. The Hall–Kier alpha value is -0.980. The van der Waals surface area contributed by atoms with Gasteiger partial charge in [-0.05, 0) is 12.3 Å². The van der Waals surface area contributed by atoms with E-state index in [-0.39, 0.29) is 24.0 Å². The molecule has 0 aliphatic rings. The number of rotatable bonds is 5. The lowest BCUT2D eigenvalue weighted by molar-refractivity contribution is -0.0203. The van der Waals surface area contributed by atoms with Crippen LogP contribution in [0.4, 0.5) is 0 Å². The molecule has 0 aliphatic carbocycles. The highest BCUT2D eigenvalue weighted by Crippen LogP contribution is 2.34. The fourth-order valence-corrected chi connectivity index (χ4v) is 1.46. The van der Waals surface area contributed by atoms with Crippen LogP contribution in [0.15, 0.2) is 4.52 Å². The third-order valence-corrected chi connectivity index (χ3v) is 2.33. The lowest BCUT2D eigenvalue weighted by Crippen LogP contribution is -2.23. The summed E-state index contributed by atoms with van der Waals surface area (Å²) >= 11 is 0. The summed E-state index contributed by atoms with van der Waals surface area (Å²) in [5.74, 6) is 0.703. The van der Waals surface area contributed by atoms with Crippen LogP contribution in [0, 0.1) is 5.41 Å². The van der Waals surface area contributed by atoms with Gasteiger partial charge in [-0.1, -0.05) is 25.9 Å². The number of hydrogen-bond acceptors (Lipinski definition) is 6.